The molecule has 0 amide bonds. The number of benzene rings is 1. The van der Waals surface area contributed by atoms with Crippen molar-refractivity contribution in [2.45, 2.75) is 37.8 Å². The van der Waals surface area contributed by atoms with Crippen molar-refractivity contribution in [1.29, 1.82) is 0 Å². The van der Waals surface area contributed by atoms with Gasteiger partial charge >= 0.3 is 5.97 Å². The topological polar surface area (TPSA) is 93.3 Å². The molecule has 1 aromatic heterocycles. The fourth-order valence-electron chi connectivity index (χ4n) is 3.35. The van der Waals surface area contributed by atoms with E-state index in [0.717, 1.165) is 24.2 Å². The molecule has 0 aliphatic carbocycles. The number of aromatic amines is 1. The molecular formula is C21H25N3O4S. The van der Waals surface area contributed by atoms with Gasteiger partial charge in [0.2, 0.25) is 0 Å². The number of thioether (sulfide) groups is 1. The Morgan fingerprint density at radius 3 is 2.79 bits per heavy atom. The molecule has 8 heteroatoms. The maximum absolute atomic E-state index is 13.1. The molecule has 0 fully saturated rings. The zero-order valence-electron chi connectivity index (χ0n) is 17.0. The number of allylic oxidation sites excluding steroid dienone is 1. The molecule has 29 heavy (non-hydrogen) atoms. The number of rotatable bonds is 7. The zero-order chi connectivity index (χ0) is 21.0. The number of methoxy groups -OCH3 is 2. The summed E-state index contributed by atoms with van der Waals surface area (Å²) in [5.74, 6) is 0.875. The SMILES string of the molecule is CCCCSc1nc2c(c(=O)[nH]1)[C@H](c1cccc(OC)c1)C(C(=O)OC)=C(C)N2. The minimum atomic E-state index is -0.611. The van der Waals surface area contributed by atoms with Gasteiger partial charge in [0.15, 0.2) is 5.16 Å². The van der Waals surface area contributed by atoms with Crippen LogP contribution in [0.3, 0.4) is 0 Å². The molecule has 3 rings (SSSR count). The minimum Gasteiger partial charge on any atom is -0.497 e. The average molecular weight is 416 g/mol. The monoisotopic (exact) mass is 415 g/mol. The fourth-order valence-corrected chi connectivity index (χ4v) is 4.29. The largest absolute Gasteiger partial charge is 0.497 e. The maximum atomic E-state index is 13.1. The summed E-state index contributed by atoms with van der Waals surface area (Å²) in [5.41, 5.74) is 1.87. The Kier molecular flexibility index (Phi) is 6.64. The minimum absolute atomic E-state index is 0.275. The summed E-state index contributed by atoms with van der Waals surface area (Å²) in [6.45, 7) is 3.90. The average Bonchev–Trinajstić information content (AvgIpc) is 2.72. The molecule has 1 atom stereocenters. The van der Waals surface area contributed by atoms with Gasteiger partial charge in [-0.25, -0.2) is 9.78 Å². The van der Waals surface area contributed by atoms with Crippen LogP contribution < -0.4 is 15.6 Å². The van der Waals surface area contributed by atoms with Gasteiger partial charge in [0.25, 0.3) is 5.56 Å². The van der Waals surface area contributed by atoms with E-state index in [0.29, 0.717) is 33.6 Å². The highest BCUT2D eigenvalue weighted by molar-refractivity contribution is 7.99. The van der Waals surface area contributed by atoms with Crippen molar-refractivity contribution in [2.24, 2.45) is 0 Å². The Hall–Kier alpha value is -2.74. The smallest absolute Gasteiger partial charge is 0.336 e. The molecule has 2 heterocycles. The Bertz CT molecular complexity index is 1000. The Balaban J connectivity index is 2.15. The van der Waals surface area contributed by atoms with Crippen molar-refractivity contribution in [3.05, 3.63) is 57.0 Å². The highest BCUT2D eigenvalue weighted by Crippen LogP contribution is 2.40. The van der Waals surface area contributed by atoms with Crippen LogP contribution in [0.1, 0.15) is 43.7 Å². The molecule has 1 aliphatic heterocycles. The summed E-state index contributed by atoms with van der Waals surface area (Å²) >= 11 is 1.51. The molecule has 2 aromatic rings. The number of nitrogens with zero attached hydrogens (tertiary/aromatic N) is 1. The third kappa shape index (κ3) is 4.32. The van der Waals surface area contributed by atoms with Crippen LogP contribution in [0.15, 0.2) is 45.5 Å². The second kappa shape index (κ2) is 9.17. The summed E-state index contributed by atoms with van der Waals surface area (Å²) in [4.78, 5) is 33.1. The van der Waals surface area contributed by atoms with E-state index in [9.17, 15) is 9.59 Å². The molecule has 0 unspecified atom stereocenters. The number of hydrogen-bond acceptors (Lipinski definition) is 7. The standard InChI is InChI=1S/C21H25N3O4S/c1-5-6-10-29-21-23-18-17(19(25)24-21)16(13-8-7-9-14(11-13)27-3)15(12(2)22-18)20(26)28-4/h7-9,11,16H,5-6,10H2,1-4H3,(H2,22,23,24,25)/t16-/m1/s1. The Morgan fingerprint density at radius 1 is 1.31 bits per heavy atom. The van der Waals surface area contributed by atoms with Gasteiger partial charge in [-0.05, 0) is 31.0 Å². The lowest BCUT2D eigenvalue weighted by molar-refractivity contribution is -0.136. The first-order valence-electron chi connectivity index (χ1n) is 9.47. The fraction of sp³-hybridized carbons (Fsp3) is 0.381. The van der Waals surface area contributed by atoms with E-state index in [1.165, 1.54) is 18.9 Å². The van der Waals surface area contributed by atoms with Gasteiger partial charge in [-0.1, -0.05) is 37.2 Å². The van der Waals surface area contributed by atoms with Crippen molar-refractivity contribution in [1.82, 2.24) is 9.97 Å². The van der Waals surface area contributed by atoms with Gasteiger partial charge in [0, 0.05) is 11.4 Å². The van der Waals surface area contributed by atoms with Crippen molar-refractivity contribution in [2.75, 3.05) is 25.3 Å². The van der Waals surface area contributed by atoms with Crippen LogP contribution >= 0.6 is 11.8 Å². The molecule has 1 aromatic carbocycles. The van der Waals surface area contributed by atoms with Gasteiger partial charge in [0.05, 0.1) is 31.3 Å². The molecule has 1 aliphatic rings. The number of nitrogens with one attached hydrogen (secondary N) is 2. The predicted molar refractivity (Wildman–Crippen MR) is 114 cm³/mol. The van der Waals surface area contributed by atoms with Gasteiger partial charge < -0.3 is 19.8 Å². The number of carbonyl (C=O) groups excluding carboxylic acids is 1. The lowest BCUT2D eigenvalue weighted by atomic mass is 9.82. The number of aromatic nitrogens is 2. The van der Waals surface area contributed by atoms with E-state index in [4.69, 9.17) is 9.47 Å². The van der Waals surface area contributed by atoms with E-state index in [1.807, 2.05) is 24.3 Å². The summed E-state index contributed by atoms with van der Waals surface area (Å²) in [6, 6.07) is 7.33. The quantitative estimate of drug-likeness (QED) is 0.308. The lowest BCUT2D eigenvalue weighted by Crippen LogP contribution is -2.31. The number of ether oxygens (including phenoxy) is 2. The van der Waals surface area contributed by atoms with E-state index in [1.54, 1.807) is 14.0 Å². The number of fused-ring (bicyclic) bond motifs is 1. The number of unbranched alkanes of at least 4 members (excludes halogenated alkanes) is 1. The van der Waals surface area contributed by atoms with Crippen molar-refractivity contribution in [3.63, 3.8) is 0 Å². The molecule has 0 saturated carbocycles. The Labute approximate surface area is 173 Å². The Morgan fingerprint density at radius 2 is 2.10 bits per heavy atom. The number of esters is 1. The molecule has 0 saturated heterocycles. The van der Waals surface area contributed by atoms with Crippen LogP contribution in [-0.2, 0) is 9.53 Å². The highest BCUT2D eigenvalue weighted by Gasteiger charge is 2.36. The van der Waals surface area contributed by atoms with Gasteiger partial charge in [0.1, 0.15) is 11.6 Å². The molecular weight excluding hydrogens is 390 g/mol. The number of H-pyrrole nitrogens is 1. The van der Waals surface area contributed by atoms with Gasteiger partial charge in [-0.2, -0.15) is 0 Å². The first kappa shape index (κ1) is 21.0. The zero-order valence-corrected chi connectivity index (χ0v) is 17.8. The molecule has 0 spiro atoms. The van der Waals surface area contributed by atoms with Crippen molar-refractivity contribution >= 4 is 23.5 Å². The lowest BCUT2D eigenvalue weighted by Gasteiger charge is -2.28. The first-order chi connectivity index (χ1) is 14.0. The summed E-state index contributed by atoms with van der Waals surface area (Å²) in [5, 5.41) is 3.69. The maximum Gasteiger partial charge on any atom is 0.336 e. The van der Waals surface area contributed by atoms with Crippen LogP contribution in [0.4, 0.5) is 5.82 Å². The molecule has 0 bridgehead atoms. The van der Waals surface area contributed by atoms with E-state index >= 15 is 0 Å². The molecule has 7 nitrogen and oxygen atoms in total. The van der Waals surface area contributed by atoms with E-state index < -0.39 is 11.9 Å². The summed E-state index contributed by atoms with van der Waals surface area (Å²) in [6.07, 6.45) is 2.11. The molecule has 0 radical (unpaired) electrons. The molecule has 154 valence electrons. The number of carbonyl (C=O) groups is 1. The van der Waals surface area contributed by atoms with Crippen molar-refractivity contribution < 1.29 is 14.3 Å². The third-order valence-corrected chi connectivity index (χ3v) is 5.75. The van der Waals surface area contributed by atoms with Crippen molar-refractivity contribution in [3.8, 4) is 5.75 Å². The van der Waals surface area contributed by atoms with E-state index in [2.05, 4.69) is 22.2 Å². The molecule has 2 N–H and O–H groups in total. The highest BCUT2D eigenvalue weighted by atomic mass is 32.2. The number of hydrogen-bond donors (Lipinski definition) is 2. The third-order valence-electron chi connectivity index (χ3n) is 4.79. The van der Waals surface area contributed by atoms with Gasteiger partial charge in [-0.15, -0.1) is 0 Å². The van der Waals surface area contributed by atoms with Crippen LogP contribution in [0.5, 0.6) is 5.75 Å². The van der Waals surface area contributed by atoms with Crippen LogP contribution in [0.2, 0.25) is 0 Å². The second-order valence-electron chi connectivity index (χ2n) is 6.70. The first-order valence-corrected chi connectivity index (χ1v) is 10.5. The van der Waals surface area contributed by atoms with Crippen LogP contribution in [0.25, 0.3) is 0 Å². The van der Waals surface area contributed by atoms with Gasteiger partial charge in [-0.3, -0.25) is 4.79 Å². The summed E-state index contributed by atoms with van der Waals surface area (Å²) < 4.78 is 10.3. The number of anilines is 1. The van der Waals surface area contributed by atoms with E-state index in [-0.39, 0.29) is 5.56 Å². The predicted octanol–water partition coefficient (Wildman–Crippen LogP) is 3.68. The second-order valence-corrected chi connectivity index (χ2v) is 7.78. The summed E-state index contributed by atoms with van der Waals surface area (Å²) in [7, 11) is 2.91. The van der Waals surface area contributed by atoms with Crippen LogP contribution in [0, 0.1) is 0 Å². The van der Waals surface area contributed by atoms with Crippen LogP contribution in [-0.4, -0.2) is 35.9 Å². The normalized spacial score (nSPS) is 15.5.